The first kappa shape index (κ1) is 17.0. The average Bonchev–Trinajstić information content (AvgIpc) is 3.03. The Hall–Kier alpha value is -2.43. The highest BCUT2D eigenvalue weighted by molar-refractivity contribution is 6.15. The Morgan fingerprint density at radius 1 is 1.27 bits per heavy atom. The van der Waals surface area contributed by atoms with Gasteiger partial charge >= 0.3 is 0 Å². The van der Waals surface area contributed by atoms with Crippen LogP contribution in [0, 0.1) is 0 Å². The number of rotatable bonds is 3. The van der Waals surface area contributed by atoms with Gasteiger partial charge in [-0.15, -0.1) is 0 Å². The molecule has 4 nitrogen and oxygen atoms in total. The molecule has 3 N–H and O–H groups in total. The van der Waals surface area contributed by atoms with E-state index in [1.54, 1.807) is 12.3 Å². The van der Waals surface area contributed by atoms with Crippen LogP contribution in [0.2, 0.25) is 0 Å². The number of H-pyrrole nitrogens is 1. The fraction of sp³-hybridized carbons (Fsp3) is 0.318. The van der Waals surface area contributed by atoms with Crippen molar-refractivity contribution in [2.24, 2.45) is 4.99 Å². The van der Waals surface area contributed by atoms with E-state index in [4.69, 9.17) is 0 Å². The molecule has 1 heterocycles. The average molecular weight is 348 g/mol. The largest absolute Gasteiger partial charge is 0.389 e. The SMILES string of the molecule is CCc1ccc(C=NC2(O)CCC(O)C=C2C)c2c1[nH]c1ccccc12. The third-order valence-corrected chi connectivity index (χ3v) is 5.44. The number of hydrogen-bond acceptors (Lipinski definition) is 3. The number of benzene rings is 2. The van der Waals surface area contributed by atoms with Gasteiger partial charge in [-0.2, -0.15) is 0 Å². The number of aliphatic imine (C=N–C) groups is 1. The number of para-hydroxylation sites is 1. The van der Waals surface area contributed by atoms with Crippen molar-refractivity contribution in [3.05, 3.63) is 59.2 Å². The molecule has 1 aliphatic carbocycles. The molecule has 2 aromatic carbocycles. The number of aryl methyl sites for hydroxylation is 1. The molecule has 0 radical (unpaired) electrons. The molecule has 0 fully saturated rings. The van der Waals surface area contributed by atoms with Crippen molar-refractivity contribution in [2.75, 3.05) is 0 Å². The van der Waals surface area contributed by atoms with Crippen LogP contribution in [0.1, 0.15) is 37.8 Å². The Morgan fingerprint density at radius 3 is 2.85 bits per heavy atom. The first-order valence-corrected chi connectivity index (χ1v) is 9.18. The van der Waals surface area contributed by atoms with Crippen molar-refractivity contribution in [1.82, 2.24) is 4.98 Å². The topological polar surface area (TPSA) is 68.6 Å². The molecular formula is C22H24N2O2. The quantitative estimate of drug-likeness (QED) is 0.493. The molecule has 3 aromatic rings. The van der Waals surface area contributed by atoms with Crippen LogP contribution in [-0.2, 0) is 6.42 Å². The maximum Gasteiger partial charge on any atom is 0.178 e. The first-order valence-electron chi connectivity index (χ1n) is 9.18. The second-order valence-electron chi connectivity index (χ2n) is 7.12. The third-order valence-electron chi connectivity index (χ3n) is 5.44. The minimum Gasteiger partial charge on any atom is -0.389 e. The molecule has 1 aliphatic rings. The summed E-state index contributed by atoms with van der Waals surface area (Å²) in [5.41, 5.74) is 3.96. The monoisotopic (exact) mass is 348 g/mol. The maximum absolute atomic E-state index is 10.9. The van der Waals surface area contributed by atoms with Gasteiger partial charge in [-0.05, 0) is 37.0 Å². The minimum absolute atomic E-state index is 0.428. The van der Waals surface area contributed by atoms with E-state index in [2.05, 4.69) is 41.2 Å². The van der Waals surface area contributed by atoms with E-state index in [9.17, 15) is 10.2 Å². The first-order chi connectivity index (χ1) is 12.5. The highest BCUT2D eigenvalue weighted by Crippen LogP contribution is 2.33. The number of nitrogens with zero attached hydrogens (tertiary/aromatic N) is 1. The highest BCUT2D eigenvalue weighted by atomic mass is 16.3. The standard InChI is InChI=1S/C22H24N2O2/c1-3-15-8-9-16(13-23-22(26)11-10-17(25)12-14(22)2)20-18-6-4-5-7-19(18)24-21(15)20/h4-9,12-13,17,24-26H,3,10-11H2,1-2H3. The summed E-state index contributed by atoms with van der Waals surface area (Å²) in [6.07, 6.45) is 4.87. The Morgan fingerprint density at radius 2 is 2.08 bits per heavy atom. The molecule has 0 saturated carbocycles. The predicted molar refractivity (Wildman–Crippen MR) is 107 cm³/mol. The van der Waals surface area contributed by atoms with Gasteiger partial charge in [0.25, 0.3) is 0 Å². The summed E-state index contributed by atoms with van der Waals surface area (Å²) in [7, 11) is 0. The van der Waals surface area contributed by atoms with E-state index in [0.29, 0.717) is 18.4 Å². The van der Waals surface area contributed by atoms with Crippen molar-refractivity contribution < 1.29 is 10.2 Å². The van der Waals surface area contributed by atoms with Crippen molar-refractivity contribution in [2.45, 2.75) is 44.9 Å². The summed E-state index contributed by atoms with van der Waals surface area (Å²) in [6, 6.07) is 12.5. The van der Waals surface area contributed by atoms with Crippen LogP contribution < -0.4 is 0 Å². The summed E-state index contributed by atoms with van der Waals surface area (Å²) in [4.78, 5) is 8.06. The van der Waals surface area contributed by atoms with E-state index in [-0.39, 0.29) is 0 Å². The van der Waals surface area contributed by atoms with Crippen LogP contribution in [0.3, 0.4) is 0 Å². The second kappa shape index (κ2) is 6.38. The summed E-state index contributed by atoms with van der Waals surface area (Å²) < 4.78 is 0. The van der Waals surface area contributed by atoms with Gasteiger partial charge in [0.15, 0.2) is 5.72 Å². The number of fused-ring (bicyclic) bond motifs is 3. The highest BCUT2D eigenvalue weighted by Gasteiger charge is 2.32. The van der Waals surface area contributed by atoms with E-state index in [1.165, 1.54) is 5.56 Å². The number of aromatic nitrogens is 1. The molecule has 0 aliphatic heterocycles. The van der Waals surface area contributed by atoms with E-state index in [0.717, 1.165) is 33.8 Å². The van der Waals surface area contributed by atoms with Gasteiger partial charge in [0.1, 0.15) is 0 Å². The van der Waals surface area contributed by atoms with Crippen LogP contribution in [0.25, 0.3) is 21.8 Å². The number of nitrogens with one attached hydrogen (secondary N) is 1. The lowest BCUT2D eigenvalue weighted by Gasteiger charge is -2.30. The minimum atomic E-state index is -1.24. The molecule has 0 amide bonds. The van der Waals surface area contributed by atoms with Gasteiger partial charge in [-0.3, -0.25) is 4.99 Å². The Kier molecular flexibility index (Phi) is 4.17. The van der Waals surface area contributed by atoms with E-state index < -0.39 is 11.8 Å². The fourth-order valence-corrected chi connectivity index (χ4v) is 3.84. The Bertz CT molecular complexity index is 1030. The van der Waals surface area contributed by atoms with E-state index in [1.807, 2.05) is 19.1 Å². The molecule has 134 valence electrons. The van der Waals surface area contributed by atoms with Gasteiger partial charge in [0.2, 0.25) is 0 Å². The fourth-order valence-electron chi connectivity index (χ4n) is 3.84. The molecule has 0 saturated heterocycles. The van der Waals surface area contributed by atoms with Crippen molar-refractivity contribution in [1.29, 1.82) is 0 Å². The van der Waals surface area contributed by atoms with Gasteiger partial charge in [0.05, 0.1) is 11.6 Å². The molecular weight excluding hydrogens is 324 g/mol. The molecule has 26 heavy (non-hydrogen) atoms. The molecule has 4 heteroatoms. The lowest BCUT2D eigenvalue weighted by atomic mass is 9.90. The Labute approximate surface area is 152 Å². The predicted octanol–water partition coefficient (Wildman–Crippen LogP) is 4.09. The molecule has 4 rings (SSSR count). The van der Waals surface area contributed by atoms with Gasteiger partial charge in [0, 0.05) is 34.5 Å². The zero-order chi connectivity index (χ0) is 18.3. The smallest absolute Gasteiger partial charge is 0.178 e. The number of aliphatic hydroxyl groups excluding tert-OH is 1. The van der Waals surface area contributed by atoms with Crippen molar-refractivity contribution in [3.63, 3.8) is 0 Å². The lowest BCUT2D eigenvalue weighted by molar-refractivity contribution is 0.0494. The van der Waals surface area contributed by atoms with Gasteiger partial charge < -0.3 is 15.2 Å². The maximum atomic E-state index is 10.9. The molecule has 2 atom stereocenters. The normalized spacial score (nSPS) is 23.8. The summed E-state index contributed by atoms with van der Waals surface area (Å²) in [5.74, 6) is 0. The summed E-state index contributed by atoms with van der Waals surface area (Å²) in [6.45, 7) is 3.97. The van der Waals surface area contributed by atoms with Crippen LogP contribution >= 0.6 is 0 Å². The lowest BCUT2D eigenvalue weighted by Crippen LogP contribution is -2.33. The zero-order valence-electron chi connectivity index (χ0n) is 15.2. The zero-order valence-corrected chi connectivity index (χ0v) is 15.2. The van der Waals surface area contributed by atoms with Gasteiger partial charge in [-0.25, -0.2) is 0 Å². The summed E-state index contributed by atoms with van der Waals surface area (Å²) in [5, 5.41) is 22.9. The third kappa shape index (κ3) is 2.75. The molecule has 0 bridgehead atoms. The molecule has 2 unspecified atom stereocenters. The number of hydrogen-bond donors (Lipinski definition) is 3. The van der Waals surface area contributed by atoms with Gasteiger partial charge in [-0.1, -0.05) is 43.3 Å². The molecule has 1 aromatic heterocycles. The van der Waals surface area contributed by atoms with Crippen LogP contribution in [0.15, 0.2) is 53.0 Å². The Balaban J connectivity index is 1.86. The summed E-state index contributed by atoms with van der Waals surface area (Å²) >= 11 is 0. The second-order valence-corrected chi connectivity index (χ2v) is 7.12. The van der Waals surface area contributed by atoms with Crippen LogP contribution in [-0.4, -0.2) is 33.2 Å². The van der Waals surface area contributed by atoms with Crippen molar-refractivity contribution in [3.8, 4) is 0 Å². The number of aromatic amines is 1. The van der Waals surface area contributed by atoms with Crippen LogP contribution in [0.5, 0.6) is 0 Å². The number of aliphatic hydroxyl groups is 2. The molecule has 0 spiro atoms. The van der Waals surface area contributed by atoms with E-state index >= 15 is 0 Å². The van der Waals surface area contributed by atoms with Crippen molar-refractivity contribution >= 4 is 28.0 Å². The van der Waals surface area contributed by atoms with Crippen LogP contribution in [0.4, 0.5) is 0 Å².